The summed E-state index contributed by atoms with van der Waals surface area (Å²) in [5.74, 6) is -0.344. The summed E-state index contributed by atoms with van der Waals surface area (Å²) in [6.07, 6.45) is -2.56. The molecule has 0 amide bonds. The number of para-hydroxylation sites is 1. The van der Waals surface area contributed by atoms with Gasteiger partial charge in [0.2, 0.25) is 10.0 Å². The van der Waals surface area contributed by atoms with Crippen LogP contribution in [0, 0.1) is 0 Å². The second kappa shape index (κ2) is 7.90. The Morgan fingerprint density at radius 2 is 1.70 bits per heavy atom. The average Bonchev–Trinajstić information content (AvgIpc) is 3.09. The summed E-state index contributed by atoms with van der Waals surface area (Å²) >= 11 is 0. The Balaban J connectivity index is 1.60. The molecule has 0 radical (unpaired) electrons. The topological polar surface area (TPSA) is 49.4 Å². The second-order valence-electron chi connectivity index (χ2n) is 6.63. The molecule has 2 aromatic rings. The predicted octanol–water partition coefficient (Wildman–Crippen LogP) is 3.79. The van der Waals surface area contributed by atoms with Gasteiger partial charge in [-0.25, -0.2) is 13.1 Å². The summed E-state index contributed by atoms with van der Waals surface area (Å²) < 4.78 is 65.0. The van der Waals surface area contributed by atoms with Crippen molar-refractivity contribution < 1.29 is 21.6 Å². The number of sulfonamides is 1. The molecule has 1 heterocycles. The van der Waals surface area contributed by atoms with E-state index >= 15 is 0 Å². The molecule has 146 valence electrons. The minimum atomic E-state index is -4.43. The fraction of sp³-hybridized carbons (Fsp3) is 0.368. The Hall–Kier alpha value is -2.06. The van der Waals surface area contributed by atoms with E-state index in [2.05, 4.69) is 9.62 Å². The van der Waals surface area contributed by atoms with Crippen LogP contribution in [-0.4, -0.2) is 27.5 Å². The molecule has 8 heteroatoms. The van der Waals surface area contributed by atoms with Gasteiger partial charge in [-0.3, -0.25) is 0 Å². The van der Waals surface area contributed by atoms with E-state index in [9.17, 15) is 21.6 Å². The molecule has 0 aromatic heterocycles. The zero-order valence-electron chi connectivity index (χ0n) is 14.6. The highest BCUT2D eigenvalue weighted by atomic mass is 32.2. The van der Waals surface area contributed by atoms with Crippen molar-refractivity contribution in [1.82, 2.24) is 4.72 Å². The lowest BCUT2D eigenvalue weighted by atomic mass is 10.1. The van der Waals surface area contributed by atoms with Gasteiger partial charge in [0.15, 0.2) is 0 Å². The largest absolute Gasteiger partial charge is 0.416 e. The van der Waals surface area contributed by atoms with Gasteiger partial charge >= 0.3 is 6.18 Å². The van der Waals surface area contributed by atoms with Crippen molar-refractivity contribution in [2.45, 2.75) is 30.8 Å². The maximum Gasteiger partial charge on any atom is 0.416 e. The number of halogens is 3. The molecule has 3 rings (SSSR count). The molecule has 1 aliphatic heterocycles. The van der Waals surface area contributed by atoms with Crippen molar-refractivity contribution in [3.63, 3.8) is 0 Å². The van der Waals surface area contributed by atoms with E-state index in [1.54, 1.807) is 0 Å². The molecular weight excluding hydrogens is 377 g/mol. The first kappa shape index (κ1) is 19.7. The first-order valence-electron chi connectivity index (χ1n) is 8.70. The van der Waals surface area contributed by atoms with E-state index in [0.29, 0.717) is 5.56 Å². The lowest BCUT2D eigenvalue weighted by Gasteiger charge is -2.27. The van der Waals surface area contributed by atoms with Crippen LogP contribution >= 0.6 is 0 Å². The number of hydrogen-bond acceptors (Lipinski definition) is 3. The van der Waals surface area contributed by atoms with Gasteiger partial charge in [-0.15, -0.1) is 0 Å². The second-order valence-corrected chi connectivity index (χ2v) is 8.43. The molecule has 0 spiro atoms. The Morgan fingerprint density at radius 3 is 2.33 bits per heavy atom. The first-order chi connectivity index (χ1) is 12.7. The van der Waals surface area contributed by atoms with E-state index in [1.807, 2.05) is 30.3 Å². The molecule has 1 atom stereocenters. The highest BCUT2D eigenvalue weighted by molar-refractivity contribution is 7.88. The molecule has 1 fully saturated rings. The van der Waals surface area contributed by atoms with Crippen LogP contribution in [0.25, 0.3) is 0 Å². The molecule has 0 bridgehead atoms. The summed E-state index contributed by atoms with van der Waals surface area (Å²) in [6.45, 7) is 1.15. The Bertz CT molecular complexity index is 853. The molecule has 0 aliphatic carbocycles. The third kappa shape index (κ3) is 5.23. The fourth-order valence-electron chi connectivity index (χ4n) is 3.29. The van der Waals surface area contributed by atoms with Crippen LogP contribution in [0.1, 0.15) is 24.0 Å². The monoisotopic (exact) mass is 398 g/mol. The number of hydrogen-bond donors (Lipinski definition) is 1. The van der Waals surface area contributed by atoms with Crippen LogP contribution in [0.3, 0.4) is 0 Å². The van der Waals surface area contributed by atoms with Crippen molar-refractivity contribution in [3.05, 3.63) is 65.7 Å². The molecule has 2 aromatic carbocycles. The van der Waals surface area contributed by atoms with Gasteiger partial charge in [-0.05, 0) is 42.7 Å². The highest BCUT2D eigenvalue weighted by Gasteiger charge is 2.30. The van der Waals surface area contributed by atoms with Crippen LogP contribution in [-0.2, 0) is 22.0 Å². The van der Waals surface area contributed by atoms with Crippen molar-refractivity contribution in [1.29, 1.82) is 0 Å². The first-order valence-corrected chi connectivity index (χ1v) is 10.3. The Kier molecular flexibility index (Phi) is 5.76. The van der Waals surface area contributed by atoms with Crippen LogP contribution in [0.15, 0.2) is 54.6 Å². The van der Waals surface area contributed by atoms with E-state index in [4.69, 9.17) is 0 Å². The summed E-state index contributed by atoms with van der Waals surface area (Å²) in [7, 11) is -3.63. The molecule has 1 N–H and O–H groups in total. The summed E-state index contributed by atoms with van der Waals surface area (Å²) in [5.41, 5.74) is 0.588. The smallest absolute Gasteiger partial charge is 0.367 e. The minimum absolute atomic E-state index is 0.0646. The third-order valence-electron chi connectivity index (χ3n) is 4.64. The van der Waals surface area contributed by atoms with Crippen LogP contribution in [0.5, 0.6) is 0 Å². The lowest BCUT2D eigenvalue weighted by molar-refractivity contribution is -0.137. The summed E-state index contributed by atoms with van der Waals surface area (Å²) in [4.78, 5) is 2.18. The van der Waals surface area contributed by atoms with Crippen LogP contribution in [0.2, 0.25) is 0 Å². The molecule has 4 nitrogen and oxygen atoms in total. The molecular formula is C19H21F3N2O2S. The SMILES string of the molecule is O=S(=O)(Cc1ccc(C(F)(F)F)cc1)NCC1CCCN1c1ccccc1. The van der Waals surface area contributed by atoms with Gasteiger partial charge in [0.05, 0.1) is 11.3 Å². The molecule has 1 aliphatic rings. The van der Waals surface area contributed by atoms with E-state index < -0.39 is 21.8 Å². The number of nitrogens with zero attached hydrogens (tertiary/aromatic N) is 1. The molecule has 1 unspecified atom stereocenters. The van der Waals surface area contributed by atoms with Gasteiger partial charge in [0.25, 0.3) is 0 Å². The Labute approximate surface area is 157 Å². The summed E-state index contributed by atoms with van der Waals surface area (Å²) in [5, 5.41) is 0. The quantitative estimate of drug-likeness (QED) is 0.805. The minimum Gasteiger partial charge on any atom is -0.367 e. The van der Waals surface area contributed by atoms with E-state index in [1.165, 1.54) is 12.1 Å². The van der Waals surface area contributed by atoms with Crippen molar-refractivity contribution in [3.8, 4) is 0 Å². The molecule has 27 heavy (non-hydrogen) atoms. The van der Waals surface area contributed by atoms with Crippen molar-refractivity contribution in [2.75, 3.05) is 18.0 Å². The zero-order valence-corrected chi connectivity index (χ0v) is 15.4. The highest BCUT2D eigenvalue weighted by Crippen LogP contribution is 2.29. The van der Waals surface area contributed by atoms with Crippen molar-refractivity contribution in [2.24, 2.45) is 0 Å². The maximum absolute atomic E-state index is 12.6. The predicted molar refractivity (Wildman–Crippen MR) is 98.9 cm³/mol. The third-order valence-corrected chi connectivity index (χ3v) is 5.96. The van der Waals surface area contributed by atoms with Gasteiger partial charge in [0.1, 0.15) is 0 Å². The lowest BCUT2D eigenvalue weighted by Crippen LogP contribution is -2.40. The van der Waals surface area contributed by atoms with Crippen LogP contribution in [0.4, 0.5) is 18.9 Å². The summed E-state index contributed by atoms with van der Waals surface area (Å²) in [6, 6.07) is 14.1. The normalized spacial score (nSPS) is 18.0. The number of benzene rings is 2. The Morgan fingerprint density at radius 1 is 1.04 bits per heavy atom. The van der Waals surface area contributed by atoms with E-state index in [-0.39, 0.29) is 18.3 Å². The van der Waals surface area contributed by atoms with Gasteiger partial charge in [-0.1, -0.05) is 30.3 Å². The molecule has 1 saturated heterocycles. The number of anilines is 1. The molecule has 0 saturated carbocycles. The average molecular weight is 398 g/mol. The standard InChI is InChI=1S/C19H21F3N2O2S/c20-19(21,22)16-10-8-15(9-11-16)14-27(25,26)23-13-18-7-4-12-24(18)17-5-2-1-3-6-17/h1-3,5-6,8-11,18,23H,4,7,12-14H2. The van der Waals surface area contributed by atoms with Gasteiger partial charge < -0.3 is 4.90 Å². The fourth-order valence-corrected chi connectivity index (χ4v) is 4.47. The zero-order chi connectivity index (χ0) is 19.5. The van der Waals surface area contributed by atoms with Crippen molar-refractivity contribution >= 4 is 15.7 Å². The van der Waals surface area contributed by atoms with Gasteiger partial charge in [0, 0.05) is 24.8 Å². The number of alkyl halides is 3. The number of nitrogens with one attached hydrogen (secondary N) is 1. The number of rotatable bonds is 6. The van der Waals surface area contributed by atoms with Crippen LogP contribution < -0.4 is 9.62 Å². The maximum atomic E-state index is 12.6. The van der Waals surface area contributed by atoms with E-state index in [0.717, 1.165) is 37.2 Å². The van der Waals surface area contributed by atoms with Gasteiger partial charge in [-0.2, -0.15) is 13.2 Å².